The quantitative estimate of drug-likeness (QED) is 0.527. The molecule has 9 nitrogen and oxygen atoms in total. The zero-order valence-electron chi connectivity index (χ0n) is 14.8. The molecule has 0 aromatic carbocycles. The van der Waals surface area contributed by atoms with E-state index in [4.69, 9.17) is 19.3 Å². The van der Waals surface area contributed by atoms with Gasteiger partial charge in [0.05, 0.1) is 18.9 Å². The summed E-state index contributed by atoms with van der Waals surface area (Å²) < 4.78 is 30.8. The summed E-state index contributed by atoms with van der Waals surface area (Å²) in [4.78, 5) is 27.4. The van der Waals surface area contributed by atoms with E-state index in [-0.39, 0.29) is 12.7 Å². The molecule has 1 saturated heterocycles. The van der Waals surface area contributed by atoms with Gasteiger partial charge in [0.25, 0.3) is 0 Å². The van der Waals surface area contributed by atoms with Crippen LogP contribution >= 0.6 is 0 Å². The average molecular weight is 373 g/mol. The van der Waals surface area contributed by atoms with Crippen molar-refractivity contribution in [3.63, 3.8) is 0 Å². The van der Waals surface area contributed by atoms with Crippen LogP contribution in [-0.2, 0) is 14.2 Å². The summed E-state index contributed by atoms with van der Waals surface area (Å²) in [6.45, 7) is 3.43. The first-order chi connectivity index (χ1) is 12.5. The van der Waals surface area contributed by atoms with E-state index in [1.165, 1.54) is 0 Å². The molecule has 10 heteroatoms. The number of aliphatic hydroxyl groups is 1. The molecule has 2 N–H and O–H groups in total. The smallest absolute Gasteiger partial charge is 0.412 e. The van der Waals surface area contributed by atoms with Gasteiger partial charge in [-0.3, -0.25) is 9.88 Å². The van der Waals surface area contributed by atoms with Crippen molar-refractivity contribution >= 4 is 11.9 Å². The molecule has 1 aliphatic rings. The molecule has 0 saturated carbocycles. The molecular formula is C16H24FN3O6. The van der Waals surface area contributed by atoms with E-state index >= 15 is 0 Å². The maximum absolute atomic E-state index is 14.3. The van der Waals surface area contributed by atoms with Crippen molar-refractivity contribution in [3.05, 3.63) is 22.5 Å². The number of nitrogens with zero attached hydrogens (tertiary/aromatic N) is 2. The Labute approximate surface area is 150 Å². The second-order valence-electron chi connectivity index (χ2n) is 6.00. The molecule has 2 heterocycles. The number of nitrogens with one attached hydrogen (secondary N) is 1. The molecule has 3 atom stereocenters. The number of aromatic nitrogens is 2. The summed E-state index contributed by atoms with van der Waals surface area (Å²) in [6, 6.07) is 0. The van der Waals surface area contributed by atoms with Crippen LogP contribution in [0, 0.1) is 5.82 Å². The molecule has 3 unspecified atom stereocenters. The fraction of sp³-hybridized carbons (Fsp3) is 0.688. The van der Waals surface area contributed by atoms with Gasteiger partial charge in [-0.2, -0.15) is 4.98 Å². The number of hydrogen-bond donors (Lipinski definition) is 2. The van der Waals surface area contributed by atoms with Crippen molar-refractivity contribution in [2.75, 3.05) is 18.7 Å². The zero-order chi connectivity index (χ0) is 19.1. The van der Waals surface area contributed by atoms with Gasteiger partial charge in [-0.25, -0.2) is 14.0 Å². The van der Waals surface area contributed by atoms with Gasteiger partial charge in [0, 0.05) is 6.42 Å². The van der Waals surface area contributed by atoms with E-state index in [9.17, 15) is 14.0 Å². The Morgan fingerprint density at radius 2 is 2.31 bits per heavy atom. The predicted octanol–water partition coefficient (Wildman–Crippen LogP) is 1.76. The van der Waals surface area contributed by atoms with Crippen molar-refractivity contribution < 1.29 is 28.5 Å². The molecule has 1 aromatic heterocycles. The minimum absolute atomic E-state index is 0.201. The molecule has 1 fully saturated rings. The van der Waals surface area contributed by atoms with Gasteiger partial charge in [0.15, 0.2) is 17.9 Å². The van der Waals surface area contributed by atoms with Crippen LogP contribution in [0.3, 0.4) is 0 Å². The van der Waals surface area contributed by atoms with Gasteiger partial charge in [0.2, 0.25) is 0 Å². The summed E-state index contributed by atoms with van der Waals surface area (Å²) in [7, 11) is 0. The highest BCUT2D eigenvalue weighted by molar-refractivity contribution is 5.83. The number of unbranched alkanes of at least 4 members (excludes halogenated alkanes) is 2. The number of aliphatic hydroxyl groups excluding tert-OH is 1. The molecular weight excluding hydrogens is 349 g/mol. The van der Waals surface area contributed by atoms with Crippen LogP contribution in [0.25, 0.3) is 0 Å². The first kappa shape index (κ1) is 20.3. The standard InChI is InChI=1S/C16H24FN3O6/c1-3-4-5-6-24-16(23)19-13-11(17)8-20(15(22)18-13)14-12(25-9-21)7-10(2)26-14/h8,10,12,14,21H,3-7,9H2,1-2H3,(H,18,19,22,23). The number of carbonyl (C=O) groups excluding carboxylic acids is 1. The van der Waals surface area contributed by atoms with E-state index in [1.807, 2.05) is 6.92 Å². The van der Waals surface area contributed by atoms with Crippen LogP contribution in [0.4, 0.5) is 15.0 Å². The second kappa shape index (κ2) is 9.60. The summed E-state index contributed by atoms with van der Waals surface area (Å²) in [6.07, 6.45) is 1.26. The highest BCUT2D eigenvalue weighted by Gasteiger charge is 2.36. The summed E-state index contributed by atoms with van der Waals surface area (Å²) in [5, 5.41) is 11.1. The first-order valence-corrected chi connectivity index (χ1v) is 8.56. The third-order valence-corrected chi connectivity index (χ3v) is 3.93. The summed E-state index contributed by atoms with van der Waals surface area (Å²) >= 11 is 0. The lowest BCUT2D eigenvalue weighted by molar-refractivity contribution is -0.104. The molecule has 2 rings (SSSR count). The number of ether oxygens (including phenoxy) is 3. The molecule has 1 amide bonds. The Morgan fingerprint density at radius 3 is 3.00 bits per heavy atom. The molecule has 26 heavy (non-hydrogen) atoms. The largest absolute Gasteiger partial charge is 0.449 e. The predicted molar refractivity (Wildman–Crippen MR) is 89.1 cm³/mol. The molecule has 1 aromatic rings. The van der Waals surface area contributed by atoms with Gasteiger partial charge < -0.3 is 19.3 Å². The van der Waals surface area contributed by atoms with E-state index in [0.717, 1.165) is 23.6 Å². The average Bonchev–Trinajstić information content (AvgIpc) is 2.95. The Bertz CT molecular complexity index is 668. The van der Waals surface area contributed by atoms with E-state index in [0.29, 0.717) is 12.8 Å². The second-order valence-corrected chi connectivity index (χ2v) is 6.00. The highest BCUT2D eigenvalue weighted by atomic mass is 19.1. The number of rotatable bonds is 8. The Morgan fingerprint density at radius 1 is 1.54 bits per heavy atom. The number of carbonyl (C=O) groups is 1. The van der Waals surface area contributed by atoms with Crippen LogP contribution in [-0.4, -0.2) is 46.4 Å². The van der Waals surface area contributed by atoms with Gasteiger partial charge in [-0.15, -0.1) is 0 Å². The topological polar surface area (TPSA) is 112 Å². The third-order valence-electron chi connectivity index (χ3n) is 3.93. The first-order valence-electron chi connectivity index (χ1n) is 8.56. The van der Waals surface area contributed by atoms with Gasteiger partial charge in [-0.05, 0) is 13.3 Å². The molecule has 1 aliphatic heterocycles. The fourth-order valence-corrected chi connectivity index (χ4v) is 2.68. The third kappa shape index (κ3) is 5.23. The van der Waals surface area contributed by atoms with Crippen molar-refractivity contribution in [2.24, 2.45) is 0 Å². The molecule has 0 spiro atoms. The minimum Gasteiger partial charge on any atom is -0.449 e. The Balaban J connectivity index is 2.08. The number of hydrogen-bond acceptors (Lipinski definition) is 7. The maximum Gasteiger partial charge on any atom is 0.412 e. The van der Waals surface area contributed by atoms with Crippen LogP contribution in [0.5, 0.6) is 0 Å². The van der Waals surface area contributed by atoms with Crippen molar-refractivity contribution in [1.29, 1.82) is 0 Å². The molecule has 0 aliphatic carbocycles. The van der Waals surface area contributed by atoms with Crippen molar-refractivity contribution in [3.8, 4) is 0 Å². The summed E-state index contributed by atoms with van der Waals surface area (Å²) in [5.41, 5.74) is -0.821. The van der Waals surface area contributed by atoms with E-state index in [2.05, 4.69) is 10.3 Å². The van der Waals surface area contributed by atoms with Crippen molar-refractivity contribution in [2.45, 2.75) is 58.0 Å². The van der Waals surface area contributed by atoms with Crippen LogP contribution < -0.4 is 11.0 Å². The molecule has 0 radical (unpaired) electrons. The van der Waals surface area contributed by atoms with E-state index in [1.54, 1.807) is 6.92 Å². The normalized spacial score (nSPS) is 22.4. The van der Waals surface area contributed by atoms with Crippen LogP contribution in [0.1, 0.15) is 45.8 Å². The number of halogens is 1. The maximum atomic E-state index is 14.3. The Kier molecular flexibility index (Phi) is 7.49. The lowest BCUT2D eigenvalue weighted by Gasteiger charge is -2.20. The Hall–Kier alpha value is -2.04. The summed E-state index contributed by atoms with van der Waals surface area (Å²) in [5.74, 6) is -1.43. The number of anilines is 1. The highest BCUT2D eigenvalue weighted by Crippen LogP contribution is 2.30. The van der Waals surface area contributed by atoms with Gasteiger partial charge >= 0.3 is 11.8 Å². The monoisotopic (exact) mass is 373 g/mol. The van der Waals surface area contributed by atoms with E-state index < -0.39 is 42.5 Å². The van der Waals surface area contributed by atoms with Gasteiger partial charge in [-0.1, -0.05) is 19.8 Å². The zero-order valence-corrected chi connectivity index (χ0v) is 14.8. The number of amides is 1. The molecule has 0 bridgehead atoms. The van der Waals surface area contributed by atoms with Crippen LogP contribution in [0.15, 0.2) is 11.0 Å². The lowest BCUT2D eigenvalue weighted by Crippen LogP contribution is -2.34. The minimum atomic E-state index is -0.916. The fourth-order valence-electron chi connectivity index (χ4n) is 2.68. The van der Waals surface area contributed by atoms with Crippen LogP contribution in [0.2, 0.25) is 0 Å². The SMILES string of the molecule is CCCCCOC(=O)Nc1nc(=O)n(C2OC(C)CC2OCO)cc1F. The molecule has 146 valence electrons. The van der Waals surface area contributed by atoms with Gasteiger partial charge in [0.1, 0.15) is 12.9 Å². The lowest BCUT2D eigenvalue weighted by atomic mass is 10.2. The van der Waals surface area contributed by atoms with Crippen molar-refractivity contribution in [1.82, 2.24) is 9.55 Å².